The predicted octanol–water partition coefficient (Wildman–Crippen LogP) is 12.8. The first-order valence-corrected chi connectivity index (χ1v) is 17.9. The molecule has 11 rings (SSSR count). The zero-order valence-corrected chi connectivity index (χ0v) is 28.1. The third kappa shape index (κ3) is 4.32. The quantitative estimate of drug-likeness (QED) is 0.187. The Morgan fingerprint density at radius 3 is 2.10 bits per heavy atom. The van der Waals surface area contributed by atoms with Crippen LogP contribution in [0.1, 0.15) is 0 Å². The average molecular weight is 670 g/mol. The van der Waals surface area contributed by atoms with Crippen LogP contribution >= 0.6 is 11.3 Å². The molecular weight excluding hydrogens is 643 g/mol. The van der Waals surface area contributed by atoms with Gasteiger partial charge in [-0.3, -0.25) is 0 Å². The van der Waals surface area contributed by atoms with E-state index in [1.165, 1.54) is 42.0 Å². The molecule has 4 nitrogen and oxygen atoms in total. The van der Waals surface area contributed by atoms with Crippen LogP contribution < -0.4 is 0 Å². The molecule has 0 aliphatic rings. The highest BCUT2D eigenvalue weighted by atomic mass is 32.1. The van der Waals surface area contributed by atoms with Crippen molar-refractivity contribution in [3.05, 3.63) is 164 Å². The minimum Gasteiger partial charge on any atom is -0.455 e. The van der Waals surface area contributed by atoms with Crippen molar-refractivity contribution in [1.29, 1.82) is 0 Å². The molecule has 5 heteroatoms. The van der Waals surface area contributed by atoms with Gasteiger partial charge < -0.3 is 8.98 Å². The molecule has 0 saturated carbocycles. The highest BCUT2D eigenvalue weighted by Crippen LogP contribution is 2.43. The molecule has 4 heterocycles. The molecule has 0 aliphatic heterocycles. The molecule has 0 aliphatic carbocycles. The highest BCUT2D eigenvalue weighted by Gasteiger charge is 2.19. The van der Waals surface area contributed by atoms with Gasteiger partial charge in [-0.05, 0) is 48.5 Å². The van der Waals surface area contributed by atoms with Crippen molar-refractivity contribution in [3.63, 3.8) is 0 Å². The van der Waals surface area contributed by atoms with Gasteiger partial charge in [0.2, 0.25) is 0 Å². The number of fused-ring (bicyclic) bond motifs is 10. The van der Waals surface area contributed by atoms with E-state index < -0.39 is 0 Å². The third-order valence-electron chi connectivity index (χ3n) is 10.0. The number of para-hydroxylation sites is 3. The summed E-state index contributed by atoms with van der Waals surface area (Å²) in [6, 6.07) is 57.5. The third-order valence-corrected chi connectivity index (χ3v) is 11.2. The lowest BCUT2D eigenvalue weighted by Crippen LogP contribution is -1.97. The van der Waals surface area contributed by atoms with Crippen molar-refractivity contribution >= 4 is 75.3 Å². The van der Waals surface area contributed by atoms with Crippen LogP contribution in [-0.2, 0) is 0 Å². The fourth-order valence-corrected chi connectivity index (χ4v) is 8.95. The molecular formula is C46H27N3OS. The fraction of sp³-hybridized carbons (Fsp3) is 0. The van der Waals surface area contributed by atoms with Crippen LogP contribution in [0.25, 0.3) is 104 Å². The Labute approximate surface area is 296 Å². The summed E-state index contributed by atoms with van der Waals surface area (Å²) in [4.78, 5) is 10.2. The molecule has 0 radical (unpaired) electrons. The Kier molecular flexibility index (Phi) is 6.09. The number of benzene rings is 7. The van der Waals surface area contributed by atoms with Crippen molar-refractivity contribution in [3.8, 4) is 39.6 Å². The number of hydrogen-bond donors (Lipinski definition) is 0. The van der Waals surface area contributed by atoms with E-state index in [4.69, 9.17) is 14.4 Å². The molecule has 0 saturated heterocycles. The average Bonchev–Trinajstić information content (AvgIpc) is 3.88. The van der Waals surface area contributed by atoms with Crippen molar-refractivity contribution in [2.75, 3.05) is 0 Å². The van der Waals surface area contributed by atoms with Crippen LogP contribution in [0.4, 0.5) is 0 Å². The molecule has 0 fully saturated rings. The maximum absolute atomic E-state index is 6.44. The first-order chi connectivity index (χ1) is 25.3. The van der Waals surface area contributed by atoms with Crippen LogP contribution in [-0.4, -0.2) is 14.5 Å². The summed E-state index contributed by atoms with van der Waals surface area (Å²) in [5.74, 6) is 0.676. The maximum Gasteiger partial charge on any atom is 0.160 e. The van der Waals surface area contributed by atoms with Gasteiger partial charge in [-0.15, -0.1) is 11.3 Å². The second-order valence-corrected chi connectivity index (χ2v) is 14.0. The van der Waals surface area contributed by atoms with Crippen molar-refractivity contribution < 1.29 is 4.42 Å². The number of aromatic nitrogens is 3. The van der Waals surface area contributed by atoms with E-state index in [1.807, 2.05) is 47.7 Å². The molecule has 0 unspecified atom stereocenters. The number of nitrogens with zero attached hydrogens (tertiary/aromatic N) is 3. The molecule has 0 N–H and O–H groups in total. The van der Waals surface area contributed by atoms with E-state index in [-0.39, 0.29) is 0 Å². The number of hydrogen-bond acceptors (Lipinski definition) is 4. The van der Waals surface area contributed by atoms with Gasteiger partial charge in [-0.25, -0.2) is 9.97 Å². The molecule has 7 aromatic carbocycles. The Balaban J connectivity index is 1.08. The van der Waals surface area contributed by atoms with E-state index >= 15 is 0 Å². The summed E-state index contributed by atoms with van der Waals surface area (Å²) in [6.45, 7) is 0. The minimum absolute atomic E-state index is 0.676. The SMILES string of the molecule is c1ccc(-c2nc(-c3ccc(-n4c5ccccc5c5c6sc7ccccc7c6ccc54)cc3)cc(-c3cccc4c3oc3ccccc34)n2)cc1. The Morgan fingerprint density at radius 2 is 1.22 bits per heavy atom. The number of rotatable bonds is 4. The first-order valence-electron chi connectivity index (χ1n) is 17.1. The zero-order valence-electron chi connectivity index (χ0n) is 27.2. The van der Waals surface area contributed by atoms with E-state index in [0.29, 0.717) is 5.82 Å². The molecule has 238 valence electrons. The smallest absolute Gasteiger partial charge is 0.160 e. The standard InChI is InChI=1S/C46H27N3OS/c1-2-11-29(12-3-1)46-47-37(27-38(48-46)35-17-10-16-33-31-13-5-8-19-41(31)50-44(33)35)28-21-23-30(24-22-28)49-39-18-7-4-15-36(39)43-40(49)26-25-34-32-14-6-9-20-42(32)51-45(34)43/h1-27H. The van der Waals surface area contributed by atoms with Crippen molar-refractivity contribution in [1.82, 2.24) is 14.5 Å². The Morgan fingerprint density at radius 1 is 0.490 bits per heavy atom. The lowest BCUT2D eigenvalue weighted by atomic mass is 10.0. The second kappa shape index (κ2) is 11.0. The van der Waals surface area contributed by atoms with Crippen LogP contribution in [0.15, 0.2) is 168 Å². The number of furan rings is 1. The summed E-state index contributed by atoms with van der Waals surface area (Å²) in [5.41, 5.74) is 9.81. The summed E-state index contributed by atoms with van der Waals surface area (Å²) >= 11 is 1.88. The van der Waals surface area contributed by atoms with Gasteiger partial charge in [0.25, 0.3) is 0 Å². The van der Waals surface area contributed by atoms with Gasteiger partial charge in [0.05, 0.1) is 22.4 Å². The normalized spacial score (nSPS) is 11.9. The van der Waals surface area contributed by atoms with Crippen LogP contribution in [0, 0.1) is 0 Å². The van der Waals surface area contributed by atoms with Crippen LogP contribution in [0.3, 0.4) is 0 Å². The first kappa shape index (κ1) is 28.3. The Hall–Kier alpha value is -6.56. The van der Waals surface area contributed by atoms with Gasteiger partial charge in [-0.2, -0.15) is 0 Å². The second-order valence-electron chi connectivity index (χ2n) is 12.9. The Bertz CT molecular complexity index is 3130. The summed E-state index contributed by atoms with van der Waals surface area (Å²) < 4.78 is 11.5. The zero-order chi connectivity index (χ0) is 33.5. The van der Waals surface area contributed by atoms with Crippen LogP contribution in [0.5, 0.6) is 0 Å². The number of thiophene rings is 1. The van der Waals surface area contributed by atoms with E-state index in [2.05, 4.69) is 132 Å². The van der Waals surface area contributed by atoms with Crippen LogP contribution in [0.2, 0.25) is 0 Å². The molecule has 11 aromatic rings. The van der Waals surface area contributed by atoms with Gasteiger partial charge in [-0.1, -0.05) is 115 Å². The predicted molar refractivity (Wildman–Crippen MR) is 213 cm³/mol. The molecule has 0 spiro atoms. The fourth-order valence-electron chi connectivity index (χ4n) is 7.69. The molecule has 51 heavy (non-hydrogen) atoms. The van der Waals surface area contributed by atoms with Crippen molar-refractivity contribution in [2.24, 2.45) is 0 Å². The van der Waals surface area contributed by atoms with Gasteiger partial charge in [0.15, 0.2) is 5.82 Å². The highest BCUT2D eigenvalue weighted by molar-refractivity contribution is 7.26. The summed E-state index contributed by atoms with van der Waals surface area (Å²) in [5, 5.41) is 7.38. The maximum atomic E-state index is 6.44. The molecule has 4 aromatic heterocycles. The van der Waals surface area contributed by atoms with Gasteiger partial charge >= 0.3 is 0 Å². The lowest BCUT2D eigenvalue weighted by Gasteiger charge is -2.11. The van der Waals surface area contributed by atoms with Gasteiger partial charge in [0.1, 0.15) is 11.2 Å². The monoisotopic (exact) mass is 669 g/mol. The van der Waals surface area contributed by atoms with E-state index in [0.717, 1.165) is 55.7 Å². The van der Waals surface area contributed by atoms with E-state index in [9.17, 15) is 0 Å². The molecule has 0 bridgehead atoms. The van der Waals surface area contributed by atoms with Gasteiger partial charge in [0, 0.05) is 64.1 Å². The molecule has 0 amide bonds. The van der Waals surface area contributed by atoms with E-state index in [1.54, 1.807) is 0 Å². The largest absolute Gasteiger partial charge is 0.455 e. The topological polar surface area (TPSA) is 43.9 Å². The van der Waals surface area contributed by atoms with Crippen molar-refractivity contribution in [2.45, 2.75) is 0 Å². The summed E-state index contributed by atoms with van der Waals surface area (Å²) in [7, 11) is 0. The molecule has 0 atom stereocenters. The lowest BCUT2D eigenvalue weighted by molar-refractivity contribution is 0.670. The summed E-state index contributed by atoms with van der Waals surface area (Å²) in [6.07, 6.45) is 0. The minimum atomic E-state index is 0.676.